The number of hydrogen-bond acceptors (Lipinski definition) is 5. The van der Waals surface area contributed by atoms with Gasteiger partial charge in [0.05, 0.1) is 22.9 Å². The number of carbonyl (C=O) groups excluding carboxylic acids is 1. The lowest BCUT2D eigenvalue weighted by molar-refractivity contribution is -0.141. The van der Waals surface area contributed by atoms with Gasteiger partial charge in [0, 0.05) is 37.2 Å². The van der Waals surface area contributed by atoms with Gasteiger partial charge in [-0.15, -0.1) is 0 Å². The molecule has 1 N–H and O–H groups in total. The van der Waals surface area contributed by atoms with E-state index in [1.54, 1.807) is 29.2 Å². The minimum atomic E-state index is -0.916. The van der Waals surface area contributed by atoms with Crippen LogP contribution in [0.1, 0.15) is 36.3 Å². The first-order valence-electron chi connectivity index (χ1n) is 9.04. The maximum absolute atomic E-state index is 13.0. The maximum Gasteiger partial charge on any atom is 0.308 e. The number of carboxylic acid groups (broad SMARTS) is 1. The standard InChI is InChI=1S/C20H26N2O4S/c1-4-26-10-5-9-22(12-14(2)20(24)25)19(23)17-6-7-18(21-15(17)3)16-8-11-27-13-16/h6-8,11,13-14H,4-5,9-10,12H2,1-3H3,(H,24,25). The molecule has 2 rings (SSSR count). The van der Waals surface area contributed by atoms with E-state index in [0.29, 0.717) is 37.4 Å². The van der Waals surface area contributed by atoms with E-state index in [0.717, 1.165) is 11.3 Å². The number of nitrogens with zero attached hydrogens (tertiary/aromatic N) is 2. The van der Waals surface area contributed by atoms with E-state index in [9.17, 15) is 14.7 Å². The van der Waals surface area contributed by atoms with Crippen molar-refractivity contribution in [2.75, 3.05) is 26.3 Å². The molecule has 6 nitrogen and oxygen atoms in total. The molecule has 0 aliphatic rings. The summed E-state index contributed by atoms with van der Waals surface area (Å²) in [6.45, 7) is 7.09. The van der Waals surface area contributed by atoms with Crippen LogP contribution in [-0.2, 0) is 9.53 Å². The van der Waals surface area contributed by atoms with Gasteiger partial charge in [0.1, 0.15) is 0 Å². The topological polar surface area (TPSA) is 79.7 Å². The molecular formula is C20H26N2O4S. The molecule has 2 aromatic rings. The van der Waals surface area contributed by atoms with Crippen LogP contribution in [0.15, 0.2) is 29.0 Å². The monoisotopic (exact) mass is 390 g/mol. The Hall–Kier alpha value is -2.25. The lowest BCUT2D eigenvalue weighted by Crippen LogP contribution is -2.38. The Morgan fingerprint density at radius 3 is 2.70 bits per heavy atom. The zero-order chi connectivity index (χ0) is 19.8. The van der Waals surface area contributed by atoms with E-state index >= 15 is 0 Å². The van der Waals surface area contributed by atoms with Crippen molar-refractivity contribution >= 4 is 23.2 Å². The van der Waals surface area contributed by atoms with Crippen LogP contribution in [-0.4, -0.2) is 53.2 Å². The molecule has 0 spiro atoms. The minimum Gasteiger partial charge on any atom is -0.481 e. The Morgan fingerprint density at radius 2 is 2.11 bits per heavy atom. The van der Waals surface area contributed by atoms with Crippen molar-refractivity contribution < 1.29 is 19.4 Å². The zero-order valence-electron chi connectivity index (χ0n) is 16.0. The van der Waals surface area contributed by atoms with Crippen LogP contribution >= 0.6 is 11.3 Å². The van der Waals surface area contributed by atoms with Gasteiger partial charge >= 0.3 is 5.97 Å². The summed E-state index contributed by atoms with van der Waals surface area (Å²) in [5.41, 5.74) is 2.99. The van der Waals surface area contributed by atoms with Crippen molar-refractivity contribution in [3.05, 3.63) is 40.2 Å². The van der Waals surface area contributed by atoms with Gasteiger partial charge in [-0.25, -0.2) is 0 Å². The van der Waals surface area contributed by atoms with Crippen molar-refractivity contribution in [2.24, 2.45) is 5.92 Å². The van der Waals surface area contributed by atoms with Crippen LogP contribution in [0, 0.1) is 12.8 Å². The second kappa shape index (κ2) is 10.2. The third-order valence-electron chi connectivity index (χ3n) is 4.26. The molecule has 7 heteroatoms. The Bertz CT molecular complexity index is 761. The van der Waals surface area contributed by atoms with Crippen molar-refractivity contribution in [2.45, 2.75) is 27.2 Å². The van der Waals surface area contributed by atoms with Gasteiger partial charge in [-0.2, -0.15) is 11.3 Å². The van der Waals surface area contributed by atoms with Gasteiger partial charge in [-0.1, -0.05) is 6.92 Å². The smallest absolute Gasteiger partial charge is 0.308 e. The largest absolute Gasteiger partial charge is 0.481 e. The summed E-state index contributed by atoms with van der Waals surface area (Å²) in [6, 6.07) is 5.60. The van der Waals surface area contributed by atoms with E-state index in [1.807, 2.05) is 36.7 Å². The molecule has 0 aliphatic carbocycles. The number of rotatable bonds is 10. The predicted octanol–water partition coefficient (Wildman–Crippen LogP) is 3.71. The molecule has 0 saturated heterocycles. The third kappa shape index (κ3) is 5.87. The number of aromatic nitrogens is 1. The fourth-order valence-corrected chi connectivity index (χ4v) is 3.36. The van der Waals surface area contributed by atoms with Crippen LogP contribution in [0.5, 0.6) is 0 Å². The number of thiophene rings is 1. The van der Waals surface area contributed by atoms with Crippen LogP contribution in [0.4, 0.5) is 0 Å². The molecule has 0 fully saturated rings. The molecule has 146 valence electrons. The van der Waals surface area contributed by atoms with Crippen LogP contribution in [0.2, 0.25) is 0 Å². The lowest BCUT2D eigenvalue weighted by Gasteiger charge is -2.25. The third-order valence-corrected chi connectivity index (χ3v) is 4.94. The minimum absolute atomic E-state index is 0.159. The molecule has 1 unspecified atom stereocenters. The van der Waals surface area contributed by atoms with Crippen LogP contribution in [0.25, 0.3) is 11.3 Å². The Labute approximate surface area is 163 Å². The molecule has 0 bridgehead atoms. The molecule has 2 aromatic heterocycles. The second-order valence-electron chi connectivity index (χ2n) is 6.38. The summed E-state index contributed by atoms with van der Waals surface area (Å²) in [5, 5.41) is 13.2. The molecule has 0 aliphatic heterocycles. The average molecular weight is 391 g/mol. The molecule has 0 aromatic carbocycles. The quantitative estimate of drug-likeness (QED) is 0.626. The maximum atomic E-state index is 13.0. The highest BCUT2D eigenvalue weighted by Crippen LogP contribution is 2.22. The number of hydrogen-bond donors (Lipinski definition) is 1. The number of carboxylic acids is 1. The molecule has 2 heterocycles. The normalized spacial score (nSPS) is 12.0. The summed E-state index contributed by atoms with van der Waals surface area (Å²) >= 11 is 1.60. The van der Waals surface area contributed by atoms with E-state index in [-0.39, 0.29) is 12.5 Å². The zero-order valence-corrected chi connectivity index (χ0v) is 16.8. The van der Waals surface area contributed by atoms with Gasteiger partial charge in [0.2, 0.25) is 0 Å². The first kappa shape index (κ1) is 21.1. The Morgan fingerprint density at radius 1 is 1.33 bits per heavy atom. The van der Waals surface area contributed by atoms with Gasteiger partial charge in [0.15, 0.2) is 0 Å². The number of aliphatic carboxylic acids is 1. The SMILES string of the molecule is CCOCCCN(CC(C)C(=O)O)C(=O)c1ccc(-c2ccsc2)nc1C. The Balaban J connectivity index is 2.18. The van der Waals surface area contributed by atoms with E-state index in [1.165, 1.54) is 0 Å². The summed E-state index contributed by atoms with van der Waals surface area (Å²) in [6.07, 6.45) is 0.658. The Kier molecular flexibility index (Phi) is 7.94. The van der Waals surface area contributed by atoms with Crippen molar-refractivity contribution in [1.29, 1.82) is 0 Å². The highest BCUT2D eigenvalue weighted by molar-refractivity contribution is 7.08. The molecule has 1 atom stereocenters. The van der Waals surface area contributed by atoms with Gasteiger partial charge in [-0.3, -0.25) is 14.6 Å². The highest BCUT2D eigenvalue weighted by atomic mass is 32.1. The highest BCUT2D eigenvalue weighted by Gasteiger charge is 2.23. The summed E-state index contributed by atoms with van der Waals surface area (Å²) in [5.74, 6) is -1.75. The molecule has 0 radical (unpaired) electrons. The van der Waals surface area contributed by atoms with Crippen molar-refractivity contribution in [3.63, 3.8) is 0 Å². The van der Waals surface area contributed by atoms with E-state index < -0.39 is 11.9 Å². The first-order chi connectivity index (χ1) is 12.9. The van der Waals surface area contributed by atoms with Crippen LogP contribution in [0.3, 0.4) is 0 Å². The number of ether oxygens (including phenoxy) is 1. The number of amides is 1. The fraction of sp³-hybridized carbons (Fsp3) is 0.450. The molecule has 0 saturated carbocycles. The summed E-state index contributed by atoms with van der Waals surface area (Å²) < 4.78 is 5.34. The summed E-state index contributed by atoms with van der Waals surface area (Å²) in [4.78, 5) is 30.4. The van der Waals surface area contributed by atoms with Crippen LogP contribution < -0.4 is 0 Å². The molecule has 1 amide bonds. The number of aryl methyl sites for hydroxylation is 1. The lowest BCUT2D eigenvalue weighted by atomic mass is 10.1. The van der Waals surface area contributed by atoms with Gasteiger partial charge in [0.25, 0.3) is 5.91 Å². The van der Waals surface area contributed by atoms with E-state index in [2.05, 4.69) is 4.98 Å². The van der Waals surface area contributed by atoms with Gasteiger partial charge < -0.3 is 14.7 Å². The molecular weight excluding hydrogens is 364 g/mol. The predicted molar refractivity (Wildman–Crippen MR) is 106 cm³/mol. The number of pyridine rings is 1. The average Bonchev–Trinajstić information content (AvgIpc) is 3.18. The second-order valence-corrected chi connectivity index (χ2v) is 7.16. The fourth-order valence-electron chi connectivity index (χ4n) is 2.71. The summed E-state index contributed by atoms with van der Waals surface area (Å²) in [7, 11) is 0. The number of carbonyl (C=O) groups is 2. The van der Waals surface area contributed by atoms with Gasteiger partial charge in [-0.05, 0) is 43.8 Å². The van der Waals surface area contributed by atoms with E-state index in [4.69, 9.17) is 4.74 Å². The molecule has 27 heavy (non-hydrogen) atoms. The van der Waals surface area contributed by atoms with Crippen molar-refractivity contribution in [1.82, 2.24) is 9.88 Å². The van der Waals surface area contributed by atoms with Crippen molar-refractivity contribution in [3.8, 4) is 11.3 Å². The first-order valence-corrected chi connectivity index (χ1v) is 9.98.